The molecule has 3 fully saturated rings. The molecule has 5 rings (SSSR count). The highest BCUT2D eigenvalue weighted by Crippen LogP contribution is 2.45. The summed E-state index contributed by atoms with van der Waals surface area (Å²) >= 11 is 0. The van der Waals surface area contributed by atoms with Crippen LogP contribution in [0.4, 0.5) is 4.79 Å². The number of nitrogens with one attached hydrogen (secondary N) is 2. The zero-order valence-corrected chi connectivity index (χ0v) is 45.8. The molecule has 0 aliphatic carbocycles. The van der Waals surface area contributed by atoms with Gasteiger partial charge >= 0.3 is 18.0 Å². The first-order valence-corrected chi connectivity index (χ1v) is 24.9. The number of nitrogens with zero attached hydrogens (tertiary/aromatic N) is 2. The number of hydrogen-bond donors (Lipinski definition) is 4. The van der Waals surface area contributed by atoms with E-state index in [4.69, 9.17) is 9.47 Å². The Morgan fingerprint density at radius 3 is 1.00 bits per heavy atom. The van der Waals surface area contributed by atoms with Crippen molar-refractivity contribution in [3.63, 3.8) is 0 Å². The molecule has 384 valence electrons. The Hall–Kier alpha value is -4.49. The highest BCUT2D eigenvalue weighted by atomic mass is 16.5. The highest BCUT2D eigenvalue weighted by molar-refractivity contribution is 6.21. The predicted octanol–water partition coefficient (Wildman–Crippen LogP) is 10.3. The maximum Gasteiger partial charge on any atom is 0.334 e. The number of carbonyl (C=O) groups excluding carboxylic acids is 5. The summed E-state index contributed by atoms with van der Waals surface area (Å²) < 4.78 is 12.4. The minimum atomic E-state index is -2.47. The Balaban J connectivity index is 1.74. The van der Waals surface area contributed by atoms with Crippen molar-refractivity contribution in [2.24, 2.45) is 5.41 Å². The third kappa shape index (κ3) is 12.7. The SMILES string of the molecule is CC1(C)CC(OC(=O)CC2(CC(=O)OC3CC(C)(C)NC(C)(C)C3)C(=O)N(Cc3cc(C(C)(C)C)c(O)c(C(C)(C)C)c3)C(=O)N(Cc3cc(C(C)(C)C)c(O)c(C(C)(C)C)c3)C2=O)CC(C)(C)N1. The quantitative estimate of drug-likeness (QED) is 0.132. The van der Waals surface area contributed by atoms with E-state index in [0.717, 1.165) is 9.80 Å². The minimum Gasteiger partial charge on any atom is -0.507 e. The monoisotopic (exact) mass is 959 g/mol. The number of amides is 4. The van der Waals surface area contributed by atoms with Gasteiger partial charge in [0.05, 0.1) is 25.9 Å². The number of rotatable bonds is 10. The third-order valence-electron chi connectivity index (χ3n) is 13.8. The molecule has 13 nitrogen and oxygen atoms in total. The number of hydrogen-bond acceptors (Lipinski definition) is 11. The van der Waals surface area contributed by atoms with E-state index in [1.165, 1.54) is 0 Å². The van der Waals surface area contributed by atoms with Gasteiger partial charge in [-0.25, -0.2) is 4.79 Å². The summed E-state index contributed by atoms with van der Waals surface area (Å²) in [6.45, 7) is 39.0. The van der Waals surface area contributed by atoms with Gasteiger partial charge in [0.1, 0.15) is 29.1 Å². The summed E-state index contributed by atoms with van der Waals surface area (Å²) in [6, 6.07) is 6.13. The largest absolute Gasteiger partial charge is 0.507 e. The Labute approximate surface area is 413 Å². The van der Waals surface area contributed by atoms with Crippen molar-refractivity contribution >= 4 is 29.8 Å². The van der Waals surface area contributed by atoms with E-state index in [-0.39, 0.29) is 24.6 Å². The lowest BCUT2D eigenvalue weighted by molar-refractivity contribution is -0.176. The van der Waals surface area contributed by atoms with Gasteiger partial charge in [-0.1, -0.05) is 83.1 Å². The maximum absolute atomic E-state index is 15.7. The van der Waals surface area contributed by atoms with Crippen LogP contribution in [-0.2, 0) is 63.4 Å². The van der Waals surface area contributed by atoms with Gasteiger partial charge in [-0.05, 0) is 135 Å². The van der Waals surface area contributed by atoms with Crippen LogP contribution in [0, 0.1) is 5.41 Å². The summed E-state index contributed by atoms with van der Waals surface area (Å²) in [4.78, 5) is 78.0. The van der Waals surface area contributed by atoms with Crippen molar-refractivity contribution < 1.29 is 43.7 Å². The first-order valence-electron chi connectivity index (χ1n) is 24.9. The van der Waals surface area contributed by atoms with E-state index >= 15 is 14.4 Å². The number of phenolic OH excluding ortho intramolecular Hbond substituents is 2. The number of barbiturate groups is 1. The number of piperidine rings is 2. The first-order chi connectivity index (χ1) is 31.0. The fourth-order valence-corrected chi connectivity index (χ4v) is 11.4. The third-order valence-corrected chi connectivity index (χ3v) is 13.8. The Morgan fingerprint density at radius 2 is 0.768 bits per heavy atom. The van der Waals surface area contributed by atoms with Crippen molar-refractivity contribution in [3.05, 3.63) is 57.6 Å². The molecule has 3 heterocycles. The number of ether oxygens (including phenoxy) is 2. The molecule has 0 spiro atoms. The van der Waals surface area contributed by atoms with Gasteiger partial charge < -0.3 is 30.3 Å². The molecule has 3 saturated heterocycles. The van der Waals surface area contributed by atoms with E-state index in [1.807, 2.05) is 138 Å². The van der Waals surface area contributed by atoms with Crippen LogP contribution in [0.25, 0.3) is 0 Å². The second-order valence-corrected chi connectivity index (χ2v) is 27.4. The Kier molecular flexibility index (Phi) is 14.7. The molecule has 0 atom stereocenters. The number of urea groups is 1. The van der Waals surface area contributed by atoms with Crippen molar-refractivity contribution in [1.82, 2.24) is 20.4 Å². The fraction of sp³-hybridized carbons (Fsp3) is 0.696. The standard InChI is InChI=1S/C56H86N4O9/c1-48(2,3)37-21-33(22-38(43(37)63)49(4,5)6)31-59-45(65)56(29-41(61)68-35-25-52(13,14)57-53(15,16)26-35,30-42(62)69-36-27-54(17,18)58-55(19,20)28-36)46(66)60(47(59)67)32-34-23-39(50(7,8)9)44(64)40(24-34)51(10,11)12/h21-24,35-36,57-58,63-64H,25-32H2,1-20H3. The number of benzene rings is 2. The molecule has 2 aromatic carbocycles. The second kappa shape index (κ2) is 18.3. The van der Waals surface area contributed by atoms with Crippen LogP contribution >= 0.6 is 0 Å². The van der Waals surface area contributed by atoms with Gasteiger partial charge in [0, 0.05) is 47.8 Å². The molecule has 69 heavy (non-hydrogen) atoms. The maximum atomic E-state index is 15.7. The van der Waals surface area contributed by atoms with Crippen LogP contribution < -0.4 is 10.6 Å². The summed E-state index contributed by atoms with van der Waals surface area (Å²) in [5.74, 6) is -3.53. The summed E-state index contributed by atoms with van der Waals surface area (Å²) in [7, 11) is 0. The lowest BCUT2D eigenvalue weighted by atomic mass is 9.75. The average molecular weight is 959 g/mol. The zero-order valence-electron chi connectivity index (χ0n) is 45.8. The molecule has 2 aromatic rings. The van der Waals surface area contributed by atoms with Gasteiger partial charge in [-0.15, -0.1) is 0 Å². The number of aromatic hydroxyl groups is 2. The van der Waals surface area contributed by atoms with Gasteiger partial charge in [-0.2, -0.15) is 0 Å². The van der Waals surface area contributed by atoms with Crippen molar-refractivity contribution in [1.29, 1.82) is 0 Å². The molecule has 0 unspecified atom stereocenters. The highest BCUT2D eigenvalue weighted by Gasteiger charge is 2.60. The van der Waals surface area contributed by atoms with E-state index in [1.54, 1.807) is 24.3 Å². The van der Waals surface area contributed by atoms with E-state index in [2.05, 4.69) is 10.6 Å². The molecule has 0 aromatic heterocycles. The normalized spacial score (nSPS) is 21.1. The van der Waals surface area contributed by atoms with Crippen LogP contribution in [0.2, 0.25) is 0 Å². The van der Waals surface area contributed by atoms with Crippen molar-refractivity contribution in [2.45, 2.75) is 246 Å². The van der Waals surface area contributed by atoms with Crippen LogP contribution in [0.1, 0.15) is 210 Å². The molecule has 0 bridgehead atoms. The summed E-state index contributed by atoms with van der Waals surface area (Å²) in [5.41, 5.74) is -2.93. The van der Waals surface area contributed by atoms with Gasteiger partial charge in [0.15, 0.2) is 0 Å². The average Bonchev–Trinajstić information content (AvgIpc) is 3.10. The van der Waals surface area contributed by atoms with E-state index < -0.39 is 104 Å². The van der Waals surface area contributed by atoms with E-state index in [9.17, 15) is 19.8 Å². The van der Waals surface area contributed by atoms with Crippen molar-refractivity contribution in [3.8, 4) is 11.5 Å². The molecule has 3 aliphatic rings. The molecule has 3 aliphatic heterocycles. The predicted molar refractivity (Wildman–Crippen MR) is 270 cm³/mol. The van der Waals surface area contributed by atoms with Gasteiger partial charge in [0.25, 0.3) is 0 Å². The van der Waals surface area contributed by atoms with Crippen molar-refractivity contribution in [2.75, 3.05) is 0 Å². The van der Waals surface area contributed by atoms with Gasteiger partial charge in [-0.3, -0.25) is 29.0 Å². The Bertz CT molecular complexity index is 2080. The molecule has 13 heteroatoms. The minimum absolute atomic E-state index is 0.108. The fourth-order valence-electron chi connectivity index (χ4n) is 11.4. The van der Waals surface area contributed by atoms with Crippen LogP contribution in [0.15, 0.2) is 24.3 Å². The van der Waals surface area contributed by atoms with Crippen LogP contribution in [0.3, 0.4) is 0 Å². The molecule has 4 amide bonds. The summed E-state index contributed by atoms with van der Waals surface area (Å²) in [5, 5.41) is 30.5. The molecule has 0 radical (unpaired) electrons. The molecule has 0 saturated carbocycles. The zero-order chi connectivity index (χ0) is 52.6. The Morgan fingerprint density at radius 1 is 0.522 bits per heavy atom. The van der Waals surface area contributed by atoms with Gasteiger partial charge in [0.2, 0.25) is 11.8 Å². The lowest BCUT2D eigenvalue weighted by Crippen LogP contribution is -2.66. The molecule has 4 N–H and O–H groups in total. The number of carbonyl (C=O) groups is 5. The molecular weight excluding hydrogens is 873 g/mol. The smallest absolute Gasteiger partial charge is 0.334 e. The number of esters is 2. The lowest BCUT2D eigenvalue weighted by Gasteiger charge is -2.47. The number of imide groups is 2. The van der Waals surface area contributed by atoms with E-state index in [0.29, 0.717) is 59.1 Å². The first kappa shape index (κ1) is 55.4. The topological polar surface area (TPSA) is 175 Å². The van der Waals surface area contributed by atoms with Crippen LogP contribution in [0.5, 0.6) is 11.5 Å². The molecular formula is C56H86N4O9. The second-order valence-electron chi connectivity index (χ2n) is 27.4. The summed E-state index contributed by atoms with van der Waals surface area (Å²) in [6.07, 6.45) is -1.01. The van der Waals surface area contributed by atoms with Crippen LogP contribution in [-0.4, -0.2) is 84.2 Å². The number of phenols is 2.